The molecule has 3 aromatic carbocycles. The van der Waals surface area contributed by atoms with E-state index in [1.54, 1.807) is 48.5 Å². The third kappa shape index (κ3) is 3.94. The number of benzene rings is 3. The number of hydrogen-bond acceptors (Lipinski definition) is 4. The van der Waals surface area contributed by atoms with E-state index in [1.807, 2.05) is 6.07 Å². The zero-order valence-electron chi connectivity index (χ0n) is 13.8. The fourth-order valence-electron chi connectivity index (χ4n) is 2.32. The summed E-state index contributed by atoms with van der Waals surface area (Å²) in [6.45, 7) is 0. The molecule has 3 aromatic rings. The number of halogens is 1. The molecule has 0 amide bonds. The van der Waals surface area contributed by atoms with Crippen LogP contribution in [0.4, 0.5) is 10.1 Å². The molecule has 0 aromatic heterocycles. The minimum atomic E-state index is -4.09. The minimum Gasteiger partial charge on any atom is -0.495 e. The predicted octanol–water partition coefficient (Wildman–Crippen LogP) is 4.43. The van der Waals surface area contributed by atoms with E-state index in [1.165, 1.54) is 13.2 Å². The zero-order valence-corrected chi connectivity index (χ0v) is 14.7. The zero-order chi connectivity index (χ0) is 18.6. The number of sulfonamides is 1. The fraction of sp³-hybridized carbons (Fsp3) is 0.0526. The number of anilines is 1. The highest BCUT2D eigenvalue weighted by Crippen LogP contribution is 2.32. The van der Waals surface area contributed by atoms with Gasteiger partial charge in [-0.2, -0.15) is 0 Å². The Bertz CT molecular complexity index is 1010. The number of methoxy groups -OCH3 is 1. The van der Waals surface area contributed by atoms with Gasteiger partial charge in [-0.3, -0.25) is 4.72 Å². The Morgan fingerprint density at radius 1 is 0.885 bits per heavy atom. The van der Waals surface area contributed by atoms with Crippen LogP contribution in [-0.2, 0) is 10.0 Å². The van der Waals surface area contributed by atoms with E-state index in [0.29, 0.717) is 11.5 Å². The molecule has 3 rings (SSSR count). The van der Waals surface area contributed by atoms with Crippen LogP contribution in [0, 0.1) is 5.82 Å². The van der Waals surface area contributed by atoms with E-state index in [4.69, 9.17) is 9.47 Å². The molecular formula is C19H16FNO4S. The van der Waals surface area contributed by atoms with Crippen LogP contribution in [0.15, 0.2) is 77.7 Å². The molecule has 0 aliphatic heterocycles. The minimum absolute atomic E-state index is 0.0420. The van der Waals surface area contributed by atoms with Gasteiger partial charge in [0.2, 0.25) is 0 Å². The molecule has 0 fully saturated rings. The van der Waals surface area contributed by atoms with Crippen molar-refractivity contribution in [3.63, 3.8) is 0 Å². The van der Waals surface area contributed by atoms with Crippen LogP contribution < -0.4 is 14.2 Å². The summed E-state index contributed by atoms with van der Waals surface area (Å²) in [5, 5.41) is 0. The van der Waals surface area contributed by atoms with Crippen LogP contribution >= 0.6 is 0 Å². The van der Waals surface area contributed by atoms with Gasteiger partial charge in [-0.05, 0) is 42.5 Å². The summed E-state index contributed by atoms with van der Waals surface area (Å²) in [5.41, 5.74) is 0.225. The molecule has 0 bridgehead atoms. The third-order valence-electron chi connectivity index (χ3n) is 3.52. The lowest BCUT2D eigenvalue weighted by atomic mass is 10.3. The number of hydrogen-bond donors (Lipinski definition) is 1. The summed E-state index contributed by atoms with van der Waals surface area (Å²) in [4.78, 5) is -0.297. The van der Waals surface area contributed by atoms with Crippen molar-refractivity contribution in [2.75, 3.05) is 11.8 Å². The Labute approximate surface area is 151 Å². The quantitative estimate of drug-likeness (QED) is 0.694. The van der Waals surface area contributed by atoms with Gasteiger partial charge in [0.1, 0.15) is 22.2 Å². The van der Waals surface area contributed by atoms with Crippen LogP contribution in [-0.4, -0.2) is 15.5 Å². The molecule has 0 saturated carbocycles. The second-order valence-electron chi connectivity index (χ2n) is 5.31. The molecule has 0 heterocycles. The molecule has 134 valence electrons. The van der Waals surface area contributed by atoms with Crippen molar-refractivity contribution < 1.29 is 22.3 Å². The summed E-state index contributed by atoms with van der Waals surface area (Å²) in [7, 11) is -2.77. The molecule has 0 atom stereocenters. The van der Waals surface area contributed by atoms with E-state index in [2.05, 4.69) is 4.72 Å². The van der Waals surface area contributed by atoms with Gasteiger partial charge in [-0.25, -0.2) is 12.8 Å². The van der Waals surface area contributed by atoms with Gasteiger partial charge in [0.05, 0.1) is 12.8 Å². The van der Waals surface area contributed by atoms with Gasteiger partial charge >= 0.3 is 0 Å². The Morgan fingerprint density at radius 3 is 2.31 bits per heavy atom. The lowest BCUT2D eigenvalue weighted by Gasteiger charge is -2.15. The summed E-state index contributed by atoms with van der Waals surface area (Å²) in [6.07, 6.45) is 0. The highest BCUT2D eigenvalue weighted by molar-refractivity contribution is 7.92. The van der Waals surface area contributed by atoms with Crippen molar-refractivity contribution in [2.45, 2.75) is 4.90 Å². The smallest absolute Gasteiger partial charge is 0.265 e. The first-order chi connectivity index (χ1) is 12.5. The standard InChI is InChI=1S/C19H16FNO4S/c1-24-18-12-11-14(20)13-19(18)26(22,23)21-16-9-5-6-10-17(16)25-15-7-3-2-4-8-15/h2-13,21H,1H3. The molecule has 0 saturated heterocycles. The average Bonchev–Trinajstić information content (AvgIpc) is 2.64. The third-order valence-corrected chi connectivity index (χ3v) is 4.90. The van der Waals surface area contributed by atoms with E-state index in [9.17, 15) is 12.8 Å². The van der Waals surface area contributed by atoms with E-state index in [0.717, 1.165) is 12.1 Å². The van der Waals surface area contributed by atoms with Crippen molar-refractivity contribution in [3.8, 4) is 17.2 Å². The van der Waals surface area contributed by atoms with Gasteiger partial charge in [0.15, 0.2) is 5.75 Å². The van der Waals surface area contributed by atoms with Crippen LogP contribution in [0.5, 0.6) is 17.2 Å². The molecule has 0 radical (unpaired) electrons. The van der Waals surface area contributed by atoms with Crippen LogP contribution in [0.1, 0.15) is 0 Å². The van der Waals surface area contributed by atoms with Gasteiger partial charge < -0.3 is 9.47 Å². The molecule has 26 heavy (non-hydrogen) atoms. The topological polar surface area (TPSA) is 64.6 Å². The molecule has 1 N–H and O–H groups in total. The maximum absolute atomic E-state index is 13.5. The van der Waals surface area contributed by atoms with Crippen molar-refractivity contribution in [1.82, 2.24) is 0 Å². The van der Waals surface area contributed by atoms with Crippen molar-refractivity contribution in [2.24, 2.45) is 0 Å². The van der Waals surface area contributed by atoms with Gasteiger partial charge in [0.25, 0.3) is 10.0 Å². The van der Waals surface area contributed by atoms with Crippen LogP contribution in [0.25, 0.3) is 0 Å². The Morgan fingerprint density at radius 2 is 1.58 bits per heavy atom. The Balaban J connectivity index is 1.95. The number of rotatable bonds is 6. The fourth-order valence-corrected chi connectivity index (χ4v) is 3.57. The maximum Gasteiger partial charge on any atom is 0.265 e. The first kappa shape index (κ1) is 17.8. The van der Waals surface area contributed by atoms with Crippen molar-refractivity contribution >= 4 is 15.7 Å². The first-order valence-electron chi connectivity index (χ1n) is 7.68. The first-order valence-corrected chi connectivity index (χ1v) is 9.16. The maximum atomic E-state index is 13.5. The largest absolute Gasteiger partial charge is 0.495 e. The van der Waals surface area contributed by atoms with E-state index < -0.39 is 15.8 Å². The summed E-state index contributed by atoms with van der Waals surface area (Å²) in [5.74, 6) is 0.237. The van der Waals surface area contributed by atoms with Crippen molar-refractivity contribution in [3.05, 3.63) is 78.6 Å². The summed E-state index contributed by atoms with van der Waals surface area (Å²) in [6, 6.07) is 18.8. The molecule has 5 nitrogen and oxygen atoms in total. The Hall–Kier alpha value is -3.06. The lowest BCUT2D eigenvalue weighted by Crippen LogP contribution is -2.15. The Kier molecular flexibility index (Phi) is 5.09. The van der Waals surface area contributed by atoms with Crippen LogP contribution in [0.3, 0.4) is 0 Å². The monoisotopic (exact) mass is 373 g/mol. The molecule has 7 heteroatoms. The van der Waals surface area contributed by atoms with Gasteiger partial charge in [-0.1, -0.05) is 30.3 Å². The predicted molar refractivity (Wildman–Crippen MR) is 96.7 cm³/mol. The molecule has 0 unspecified atom stereocenters. The summed E-state index contributed by atoms with van der Waals surface area (Å²) >= 11 is 0. The van der Waals surface area contributed by atoms with Gasteiger partial charge in [-0.15, -0.1) is 0 Å². The summed E-state index contributed by atoms with van der Waals surface area (Å²) < 4.78 is 52.2. The molecule has 0 aliphatic rings. The highest BCUT2D eigenvalue weighted by atomic mass is 32.2. The SMILES string of the molecule is COc1ccc(F)cc1S(=O)(=O)Nc1ccccc1Oc1ccccc1. The second kappa shape index (κ2) is 7.45. The molecule has 0 aliphatic carbocycles. The van der Waals surface area contributed by atoms with E-state index in [-0.39, 0.29) is 16.3 Å². The van der Waals surface area contributed by atoms with Crippen molar-refractivity contribution in [1.29, 1.82) is 0 Å². The number of ether oxygens (including phenoxy) is 2. The average molecular weight is 373 g/mol. The normalized spacial score (nSPS) is 11.0. The number of para-hydroxylation sites is 3. The van der Waals surface area contributed by atoms with Gasteiger partial charge in [0, 0.05) is 0 Å². The van der Waals surface area contributed by atoms with Crippen LogP contribution in [0.2, 0.25) is 0 Å². The highest BCUT2D eigenvalue weighted by Gasteiger charge is 2.22. The van der Waals surface area contributed by atoms with E-state index >= 15 is 0 Å². The molecule has 0 spiro atoms. The number of nitrogens with one attached hydrogen (secondary N) is 1. The lowest BCUT2D eigenvalue weighted by molar-refractivity contribution is 0.401. The molecular weight excluding hydrogens is 357 g/mol. The second-order valence-corrected chi connectivity index (χ2v) is 6.96.